The van der Waals surface area contributed by atoms with Crippen molar-refractivity contribution in [2.24, 2.45) is 0 Å². The third kappa shape index (κ3) is 7.07. The van der Waals surface area contributed by atoms with Crippen LogP contribution in [0.25, 0.3) is 0 Å². The highest BCUT2D eigenvalue weighted by Gasteiger charge is 2.45. The highest BCUT2D eigenvalue weighted by atomic mass is 35.5. The Morgan fingerprint density at radius 2 is 1.79 bits per heavy atom. The van der Waals surface area contributed by atoms with Crippen molar-refractivity contribution in [1.29, 1.82) is 0 Å². The molecule has 1 heterocycles. The van der Waals surface area contributed by atoms with Crippen LogP contribution in [0.1, 0.15) is 59.1 Å². The average Bonchev–Trinajstić information content (AvgIpc) is 3.39. The Labute approximate surface area is 253 Å². The third-order valence-corrected chi connectivity index (χ3v) is 8.06. The standard InChI is InChI=1S/C27H26Cl2F4N4O4S/c1-14-23(42-36-35-14)25(39)37(17-12-19(28)22(20(29)13-17)41-27(32,33)26(30)31)21(15-7-6-10-18(11-15)40-2)24(38)34-16-8-4-3-5-9-16/h6-7,10-13,16,21,26H,3-5,8-9H2,1-2H3,(H,34,38). The van der Waals surface area contributed by atoms with E-state index in [2.05, 4.69) is 19.6 Å². The zero-order chi connectivity index (χ0) is 30.6. The number of hydrogen-bond donors (Lipinski definition) is 1. The van der Waals surface area contributed by atoms with Crippen molar-refractivity contribution in [3.05, 3.63) is 62.6 Å². The second kappa shape index (κ2) is 13.4. The van der Waals surface area contributed by atoms with Crippen molar-refractivity contribution in [3.8, 4) is 11.5 Å². The second-order valence-electron chi connectivity index (χ2n) is 9.59. The minimum Gasteiger partial charge on any atom is -0.497 e. The molecule has 1 aromatic heterocycles. The van der Waals surface area contributed by atoms with Gasteiger partial charge in [0.1, 0.15) is 16.7 Å². The van der Waals surface area contributed by atoms with Gasteiger partial charge in [-0.25, -0.2) is 0 Å². The van der Waals surface area contributed by atoms with E-state index in [4.69, 9.17) is 27.9 Å². The van der Waals surface area contributed by atoms with Gasteiger partial charge in [0.05, 0.1) is 22.8 Å². The van der Waals surface area contributed by atoms with E-state index in [1.54, 1.807) is 31.2 Å². The lowest BCUT2D eigenvalue weighted by Gasteiger charge is -2.33. The minimum atomic E-state index is -4.89. The summed E-state index contributed by atoms with van der Waals surface area (Å²) in [5, 5.41) is 5.74. The minimum absolute atomic E-state index is 0.0881. The highest BCUT2D eigenvalue weighted by molar-refractivity contribution is 7.08. The van der Waals surface area contributed by atoms with Crippen molar-refractivity contribution in [2.45, 2.75) is 63.6 Å². The molecule has 8 nitrogen and oxygen atoms in total. The van der Waals surface area contributed by atoms with Gasteiger partial charge in [0, 0.05) is 11.7 Å². The zero-order valence-corrected chi connectivity index (χ0v) is 24.7. The summed E-state index contributed by atoms with van der Waals surface area (Å²) < 4.78 is 66.4. The number of nitrogens with one attached hydrogen (secondary N) is 1. The number of aromatic nitrogens is 2. The number of aryl methyl sites for hydroxylation is 1. The number of ether oxygens (including phenoxy) is 2. The maximum Gasteiger partial charge on any atom is 0.461 e. The van der Waals surface area contributed by atoms with Crippen LogP contribution in [0.4, 0.5) is 23.2 Å². The molecule has 1 saturated carbocycles. The van der Waals surface area contributed by atoms with Gasteiger partial charge in [-0.2, -0.15) is 17.6 Å². The summed E-state index contributed by atoms with van der Waals surface area (Å²) in [6.45, 7) is 1.56. The number of alkyl halides is 4. The number of hydrogen-bond acceptors (Lipinski definition) is 7. The number of halogens is 6. The van der Waals surface area contributed by atoms with Crippen LogP contribution in [0.3, 0.4) is 0 Å². The van der Waals surface area contributed by atoms with E-state index in [1.165, 1.54) is 7.11 Å². The van der Waals surface area contributed by atoms with E-state index in [1.807, 2.05) is 0 Å². The lowest BCUT2D eigenvalue weighted by molar-refractivity contribution is -0.253. The lowest BCUT2D eigenvalue weighted by Crippen LogP contribution is -2.47. The molecule has 1 atom stereocenters. The first-order valence-electron chi connectivity index (χ1n) is 12.8. The van der Waals surface area contributed by atoms with Crippen LogP contribution in [-0.4, -0.2) is 47.1 Å². The largest absolute Gasteiger partial charge is 0.497 e. The van der Waals surface area contributed by atoms with Gasteiger partial charge in [-0.3, -0.25) is 14.5 Å². The van der Waals surface area contributed by atoms with Gasteiger partial charge in [0.2, 0.25) is 5.91 Å². The highest BCUT2D eigenvalue weighted by Crippen LogP contribution is 2.43. The quantitative estimate of drug-likeness (QED) is 0.233. The molecule has 226 valence electrons. The average molecular weight is 649 g/mol. The maximum atomic E-state index is 14.1. The van der Waals surface area contributed by atoms with Gasteiger partial charge in [0.15, 0.2) is 5.75 Å². The molecule has 0 bridgehead atoms. The van der Waals surface area contributed by atoms with E-state index in [0.717, 1.165) is 60.7 Å². The molecule has 0 saturated heterocycles. The maximum absolute atomic E-state index is 14.1. The molecule has 2 aromatic carbocycles. The van der Waals surface area contributed by atoms with E-state index in [0.29, 0.717) is 11.3 Å². The van der Waals surface area contributed by atoms with E-state index < -0.39 is 46.2 Å². The fraction of sp³-hybridized carbons (Fsp3) is 0.407. The first-order chi connectivity index (χ1) is 19.9. The molecule has 42 heavy (non-hydrogen) atoms. The molecule has 1 unspecified atom stereocenters. The molecule has 2 amide bonds. The Bertz CT molecular complexity index is 1420. The Balaban J connectivity index is 1.88. The van der Waals surface area contributed by atoms with Gasteiger partial charge in [0.25, 0.3) is 5.91 Å². The van der Waals surface area contributed by atoms with Crippen molar-refractivity contribution in [3.63, 3.8) is 0 Å². The molecule has 15 heteroatoms. The van der Waals surface area contributed by atoms with Crippen LogP contribution in [0.2, 0.25) is 10.0 Å². The molecule has 0 radical (unpaired) electrons. The lowest BCUT2D eigenvalue weighted by atomic mass is 9.94. The molecule has 0 spiro atoms. The first-order valence-corrected chi connectivity index (χ1v) is 14.4. The zero-order valence-electron chi connectivity index (χ0n) is 22.4. The monoisotopic (exact) mass is 648 g/mol. The molecular formula is C27H26Cl2F4N4O4S. The second-order valence-corrected chi connectivity index (χ2v) is 11.2. The Morgan fingerprint density at radius 1 is 1.12 bits per heavy atom. The van der Waals surface area contributed by atoms with E-state index >= 15 is 0 Å². The van der Waals surface area contributed by atoms with E-state index in [-0.39, 0.29) is 22.3 Å². The van der Waals surface area contributed by atoms with Crippen LogP contribution in [-0.2, 0) is 4.79 Å². The van der Waals surface area contributed by atoms with Crippen molar-refractivity contribution < 1.29 is 36.6 Å². The van der Waals surface area contributed by atoms with Crippen LogP contribution >= 0.6 is 34.7 Å². The van der Waals surface area contributed by atoms with Crippen molar-refractivity contribution in [2.75, 3.05) is 12.0 Å². The van der Waals surface area contributed by atoms with Gasteiger partial charge in [-0.05, 0) is 61.1 Å². The summed E-state index contributed by atoms with van der Waals surface area (Å²) in [7, 11) is 1.44. The summed E-state index contributed by atoms with van der Waals surface area (Å²) >= 11 is 13.2. The number of carbonyl (C=O) groups excluding carboxylic acids is 2. The molecule has 0 aliphatic heterocycles. The van der Waals surface area contributed by atoms with Gasteiger partial charge >= 0.3 is 12.5 Å². The van der Waals surface area contributed by atoms with Gasteiger partial charge < -0.3 is 14.8 Å². The number of amides is 2. The number of methoxy groups -OCH3 is 1. The molecule has 4 rings (SSSR count). The van der Waals surface area contributed by atoms with E-state index in [9.17, 15) is 27.2 Å². The van der Waals surface area contributed by atoms with Gasteiger partial charge in [-0.15, -0.1) is 5.10 Å². The van der Waals surface area contributed by atoms with Crippen molar-refractivity contribution >= 4 is 52.2 Å². The SMILES string of the molecule is COc1cccc(C(C(=O)NC2CCCCC2)N(C(=O)c2snnc2C)c2cc(Cl)c(OC(F)(F)C(F)F)c(Cl)c2)c1. The van der Waals surface area contributed by atoms with Crippen molar-refractivity contribution in [1.82, 2.24) is 14.9 Å². The van der Waals surface area contributed by atoms with Crippen LogP contribution in [0.15, 0.2) is 36.4 Å². The summed E-state index contributed by atoms with van der Waals surface area (Å²) in [5.74, 6) is -1.76. The number of benzene rings is 2. The number of nitrogens with zero attached hydrogens (tertiary/aromatic N) is 3. The Morgan fingerprint density at radius 3 is 2.36 bits per heavy atom. The molecule has 3 aromatic rings. The predicted octanol–water partition coefficient (Wildman–Crippen LogP) is 7.24. The number of rotatable bonds is 10. The first kappa shape index (κ1) is 31.8. The summed E-state index contributed by atoms with van der Waals surface area (Å²) in [5.41, 5.74) is 0.533. The Hall–Kier alpha value is -3.16. The third-order valence-electron chi connectivity index (χ3n) is 6.69. The van der Waals surface area contributed by atoms with Crippen LogP contribution < -0.4 is 19.7 Å². The topological polar surface area (TPSA) is 93.7 Å². The molecule has 1 fully saturated rings. The van der Waals surface area contributed by atoms with Crippen LogP contribution in [0.5, 0.6) is 11.5 Å². The Kier molecular flexibility index (Phi) is 10.2. The normalized spacial score (nSPS) is 14.9. The molecular weight excluding hydrogens is 623 g/mol. The summed E-state index contributed by atoms with van der Waals surface area (Å²) in [6, 6.07) is 7.09. The summed E-state index contributed by atoms with van der Waals surface area (Å²) in [6.07, 6.45) is -4.64. The molecule has 1 aliphatic rings. The summed E-state index contributed by atoms with van der Waals surface area (Å²) in [4.78, 5) is 29.3. The van der Waals surface area contributed by atoms with Crippen LogP contribution in [0, 0.1) is 6.92 Å². The molecule has 1 N–H and O–H groups in total. The van der Waals surface area contributed by atoms with Gasteiger partial charge in [-0.1, -0.05) is 59.1 Å². The number of anilines is 1. The predicted molar refractivity (Wildman–Crippen MR) is 150 cm³/mol. The fourth-order valence-corrected chi connectivity index (χ4v) is 5.79. The fourth-order valence-electron chi connectivity index (χ4n) is 4.64. The molecule has 1 aliphatic carbocycles. The number of carbonyl (C=O) groups is 2. The smallest absolute Gasteiger partial charge is 0.461 e.